The lowest BCUT2D eigenvalue weighted by Crippen LogP contribution is -2.27. The summed E-state index contributed by atoms with van der Waals surface area (Å²) in [6, 6.07) is 17.6. The molecule has 0 N–H and O–H groups in total. The molecule has 0 spiro atoms. The fourth-order valence-corrected chi connectivity index (χ4v) is 2.71. The Hall–Kier alpha value is -2.75. The number of carbonyl (C=O) groups is 1. The molecule has 4 heteroatoms. The normalized spacial score (nSPS) is 18.1. The molecule has 0 unspecified atom stereocenters. The molecule has 0 bridgehead atoms. The zero-order chi connectivity index (χ0) is 18.0. The van der Waals surface area contributed by atoms with Gasteiger partial charge in [-0.1, -0.05) is 51.1 Å². The van der Waals surface area contributed by atoms with Gasteiger partial charge in [-0.3, -0.25) is 9.79 Å². The van der Waals surface area contributed by atoms with Gasteiger partial charge in [-0.25, -0.2) is 0 Å². The van der Waals surface area contributed by atoms with Crippen LogP contribution in [-0.4, -0.2) is 17.8 Å². The lowest BCUT2D eigenvalue weighted by atomic mass is 9.87. The number of anilines is 1. The standard InChI is InChI=1S/C21H23N3O/c1-15-19(20(25)24(23-15)18-8-6-5-7-9-18)14-22-17-12-10-16(11-13-17)21(2,3)4/h5-14,19H,1-4H3/t19-/m1/s1. The summed E-state index contributed by atoms with van der Waals surface area (Å²) in [6.45, 7) is 8.40. The molecule has 0 aromatic heterocycles. The zero-order valence-electron chi connectivity index (χ0n) is 15.1. The van der Waals surface area contributed by atoms with Gasteiger partial charge in [-0.2, -0.15) is 10.1 Å². The van der Waals surface area contributed by atoms with Gasteiger partial charge in [0.05, 0.1) is 17.1 Å². The second kappa shape index (κ2) is 6.63. The summed E-state index contributed by atoms with van der Waals surface area (Å²) >= 11 is 0. The van der Waals surface area contributed by atoms with Gasteiger partial charge < -0.3 is 0 Å². The molecular weight excluding hydrogens is 310 g/mol. The van der Waals surface area contributed by atoms with E-state index in [2.05, 4.69) is 43.0 Å². The smallest absolute Gasteiger partial charge is 0.261 e. The van der Waals surface area contributed by atoms with Crippen molar-refractivity contribution < 1.29 is 4.79 Å². The van der Waals surface area contributed by atoms with Gasteiger partial charge in [0.2, 0.25) is 0 Å². The molecule has 0 radical (unpaired) electrons. The van der Waals surface area contributed by atoms with Crippen LogP contribution in [0, 0.1) is 5.92 Å². The highest BCUT2D eigenvalue weighted by molar-refractivity contribution is 6.23. The van der Waals surface area contributed by atoms with Crippen LogP contribution in [0.1, 0.15) is 33.3 Å². The molecule has 4 nitrogen and oxygen atoms in total. The number of hydrogen-bond acceptors (Lipinski definition) is 3. The number of rotatable bonds is 3. The molecule has 0 saturated heterocycles. The van der Waals surface area contributed by atoms with Gasteiger partial charge in [0.15, 0.2) is 0 Å². The number of hydrogen-bond donors (Lipinski definition) is 0. The summed E-state index contributed by atoms with van der Waals surface area (Å²) in [5.41, 5.74) is 3.74. The van der Waals surface area contributed by atoms with E-state index < -0.39 is 5.92 Å². The molecule has 3 rings (SSSR count). The number of aliphatic imine (C=N–C) groups is 1. The molecule has 1 aliphatic rings. The van der Waals surface area contributed by atoms with E-state index in [0.29, 0.717) is 0 Å². The van der Waals surface area contributed by atoms with Gasteiger partial charge in [0, 0.05) is 6.21 Å². The maximum absolute atomic E-state index is 12.6. The van der Waals surface area contributed by atoms with Crippen LogP contribution in [0.2, 0.25) is 0 Å². The molecule has 2 aromatic carbocycles. The van der Waals surface area contributed by atoms with Crippen LogP contribution in [0.15, 0.2) is 64.7 Å². The largest absolute Gasteiger partial charge is 0.271 e. The lowest BCUT2D eigenvalue weighted by Gasteiger charge is -2.18. The minimum Gasteiger partial charge on any atom is -0.271 e. The van der Waals surface area contributed by atoms with Crippen LogP contribution in [0.25, 0.3) is 0 Å². The zero-order valence-corrected chi connectivity index (χ0v) is 15.1. The maximum atomic E-state index is 12.6. The highest BCUT2D eigenvalue weighted by atomic mass is 16.2. The minimum atomic E-state index is -0.414. The second-order valence-corrected chi connectivity index (χ2v) is 7.28. The molecule has 128 valence electrons. The van der Waals surface area contributed by atoms with E-state index >= 15 is 0 Å². The van der Waals surface area contributed by atoms with E-state index in [0.717, 1.165) is 17.1 Å². The van der Waals surface area contributed by atoms with E-state index in [-0.39, 0.29) is 11.3 Å². The van der Waals surface area contributed by atoms with E-state index in [1.54, 1.807) is 6.21 Å². The molecule has 1 atom stereocenters. The Kier molecular flexibility index (Phi) is 4.53. The summed E-state index contributed by atoms with van der Waals surface area (Å²) in [5.74, 6) is -0.485. The molecule has 0 fully saturated rings. The van der Waals surface area contributed by atoms with Crippen molar-refractivity contribution in [3.8, 4) is 0 Å². The van der Waals surface area contributed by atoms with Crippen molar-refractivity contribution in [1.82, 2.24) is 0 Å². The fraction of sp³-hybridized carbons (Fsp3) is 0.286. The third-order valence-corrected chi connectivity index (χ3v) is 4.29. The first-order valence-electron chi connectivity index (χ1n) is 8.45. The fourth-order valence-electron chi connectivity index (χ4n) is 2.71. The summed E-state index contributed by atoms with van der Waals surface area (Å²) in [6.07, 6.45) is 1.69. The van der Waals surface area contributed by atoms with Gasteiger partial charge in [0.25, 0.3) is 5.91 Å². The van der Waals surface area contributed by atoms with Crippen molar-refractivity contribution in [3.05, 3.63) is 60.2 Å². The van der Waals surface area contributed by atoms with Gasteiger partial charge in [-0.05, 0) is 42.2 Å². The molecule has 1 heterocycles. The van der Waals surface area contributed by atoms with Crippen LogP contribution in [0.4, 0.5) is 11.4 Å². The molecule has 1 amide bonds. The molecular formula is C21H23N3O. The predicted molar refractivity (Wildman–Crippen MR) is 104 cm³/mol. The van der Waals surface area contributed by atoms with Crippen molar-refractivity contribution in [2.45, 2.75) is 33.1 Å². The number of carbonyl (C=O) groups excluding carboxylic acids is 1. The quantitative estimate of drug-likeness (QED) is 0.749. The van der Waals surface area contributed by atoms with E-state index in [9.17, 15) is 4.79 Å². The van der Waals surface area contributed by atoms with Crippen LogP contribution in [0.5, 0.6) is 0 Å². The van der Waals surface area contributed by atoms with Crippen LogP contribution < -0.4 is 5.01 Å². The first-order valence-corrected chi connectivity index (χ1v) is 8.45. The van der Waals surface area contributed by atoms with E-state index in [1.807, 2.05) is 49.4 Å². The highest BCUT2D eigenvalue weighted by Crippen LogP contribution is 2.26. The van der Waals surface area contributed by atoms with Crippen molar-refractivity contribution in [1.29, 1.82) is 0 Å². The Morgan fingerprint density at radius 2 is 1.68 bits per heavy atom. The topological polar surface area (TPSA) is 45.0 Å². The van der Waals surface area contributed by atoms with Crippen molar-refractivity contribution >= 4 is 29.2 Å². The Morgan fingerprint density at radius 1 is 1.04 bits per heavy atom. The first kappa shape index (κ1) is 17.1. The number of nitrogens with zero attached hydrogens (tertiary/aromatic N) is 3. The Bertz CT molecular complexity index is 814. The molecule has 1 aliphatic heterocycles. The average molecular weight is 333 g/mol. The third kappa shape index (κ3) is 3.68. The number of hydrazone groups is 1. The Balaban J connectivity index is 1.76. The van der Waals surface area contributed by atoms with E-state index in [1.165, 1.54) is 10.6 Å². The number of amides is 1. The molecule has 0 saturated carbocycles. The minimum absolute atomic E-state index is 0.0706. The third-order valence-electron chi connectivity index (χ3n) is 4.29. The summed E-state index contributed by atoms with van der Waals surface area (Å²) in [4.78, 5) is 17.1. The van der Waals surface area contributed by atoms with Gasteiger partial charge in [0.1, 0.15) is 5.92 Å². The first-order chi connectivity index (χ1) is 11.9. The van der Waals surface area contributed by atoms with E-state index in [4.69, 9.17) is 0 Å². The van der Waals surface area contributed by atoms with Gasteiger partial charge in [-0.15, -0.1) is 0 Å². The van der Waals surface area contributed by atoms with Crippen molar-refractivity contribution in [3.63, 3.8) is 0 Å². The summed E-state index contributed by atoms with van der Waals surface area (Å²) < 4.78 is 0. The van der Waals surface area contributed by atoms with Crippen molar-refractivity contribution in [2.75, 3.05) is 5.01 Å². The summed E-state index contributed by atoms with van der Waals surface area (Å²) in [7, 11) is 0. The Labute approximate surface area is 148 Å². The number of benzene rings is 2. The summed E-state index contributed by atoms with van der Waals surface area (Å²) in [5, 5.41) is 5.84. The predicted octanol–water partition coefficient (Wildman–Crippen LogP) is 4.73. The second-order valence-electron chi connectivity index (χ2n) is 7.28. The molecule has 0 aliphatic carbocycles. The highest BCUT2D eigenvalue weighted by Gasteiger charge is 2.33. The monoisotopic (exact) mass is 333 g/mol. The van der Waals surface area contributed by atoms with Crippen LogP contribution in [0.3, 0.4) is 0 Å². The van der Waals surface area contributed by atoms with Crippen LogP contribution in [-0.2, 0) is 10.2 Å². The maximum Gasteiger partial charge on any atom is 0.261 e. The van der Waals surface area contributed by atoms with Crippen LogP contribution >= 0.6 is 0 Å². The lowest BCUT2D eigenvalue weighted by molar-refractivity contribution is -0.118. The van der Waals surface area contributed by atoms with Gasteiger partial charge >= 0.3 is 0 Å². The van der Waals surface area contributed by atoms with Crippen molar-refractivity contribution in [2.24, 2.45) is 16.0 Å². The average Bonchev–Trinajstić information content (AvgIpc) is 2.88. The SMILES string of the molecule is CC1=NN(c2ccccc2)C(=O)[C@@H]1C=Nc1ccc(C(C)(C)C)cc1. The molecule has 25 heavy (non-hydrogen) atoms. The number of para-hydroxylation sites is 1. The molecule has 2 aromatic rings. The Morgan fingerprint density at radius 3 is 2.28 bits per heavy atom.